The standard InChI is InChI=1S/C10H19N5/c1-4-5-6-15(3)10-8(2)9(14-11)12-7-13-10/h7H,4-6,11H2,1-3H3,(H,12,13,14). The van der Waals surface area contributed by atoms with E-state index in [1.165, 1.54) is 12.7 Å². The number of unbranched alkanes of at least 4 members (excludes halogenated alkanes) is 1. The normalized spacial score (nSPS) is 10.1. The van der Waals surface area contributed by atoms with Crippen LogP contribution in [0.5, 0.6) is 0 Å². The van der Waals surface area contributed by atoms with E-state index in [-0.39, 0.29) is 0 Å². The molecular weight excluding hydrogens is 190 g/mol. The van der Waals surface area contributed by atoms with Crippen LogP contribution in [0.4, 0.5) is 11.6 Å². The molecule has 0 spiro atoms. The summed E-state index contributed by atoms with van der Waals surface area (Å²) in [6.07, 6.45) is 3.86. The number of aromatic nitrogens is 2. The third-order valence-corrected chi connectivity index (χ3v) is 2.40. The van der Waals surface area contributed by atoms with E-state index in [9.17, 15) is 0 Å². The van der Waals surface area contributed by atoms with Crippen LogP contribution >= 0.6 is 0 Å². The second-order valence-corrected chi connectivity index (χ2v) is 3.59. The molecule has 1 aromatic heterocycles. The number of hydrogen-bond donors (Lipinski definition) is 2. The van der Waals surface area contributed by atoms with Crippen molar-refractivity contribution in [2.75, 3.05) is 23.9 Å². The van der Waals surface area contributed by atoms with Crippen molar-refractivity contribution >= 4 is 11.6 Å². The summed E-state index contributed by atoms with van der Waals surface area (Å²) >= 11 is 0. The lowest BCUT2D eigenvalue weighted by molar-refractivity contribution is 0.756. The highest BCUT2D eigenvalue weighted by atomic mass is 15.3. The van der Waals surface area contributed by atoms with Gasteiger partial charge in [0, 0.05) is 19.2 Å². The lowest BCUT2D eigenvalue weighted by Crippen LogP contribution is -2.22. The molecule has 84 valence electrons. The molecule has 1 rings (SSSR count). The second kappa shape index (κ2) is 5.50. The van der Waals surface area contributed by atoms with Gasteiger partial charge < -0.3 is 10.3 Å². The highest BCUT2D eigenvalue weighted by molar-refractivity contribution is 5.56. The van der Waals surface area contributed by atoms with E-state index in [0.29, 0.717) is 5.82 Å². The first kappa shape index (κ1) is 11.7. The molecule has 0 aromatic carbocycles. The third-order valence-electron chi connectivity index (χ3n) is 2.40. The number of nitrogens with zero attached hydrogens (tertiary/aromatic N) is 3. The SMILES string of the molecule is CCCCN(C)c1ncnc(NN)c1C. The number of rotatable bonds is 5. The van der Waals surface area contributed by atoms with Crippen LogP contribution in [0.25, 0.3) is 0 Å². The Hall–Kier alpha value is -1.36. The summed E-state index contributed by atoms with van der Waals surface area (Å²) in [4.78, 5) is 10.4. The topological polar surface area (TPSA) is 67.1 Å². The first-order valence-electron chi connectivity index (χ1n) is 5.20. The van der Waals surface area contributed by atoms with Crippen LogP contribution in [0, 0.1) is 6.92 Å². The monoisotopic (exact) mass is 209 g/mol. The van der Waals surface area contributed by atoms with Gasteiger partial charge in [0.15, 0.2) is 0 Å². The summed E-state index contributed by atoms with van der Waals surface area (Å²) < 4.78 is 0. The Labute approximate surface area is 90.7 Å². The quantitative estimate of drug-likeness (QED) is 0.565. The van der Waals surface area contributed by atoms with Crippen LogP contribution in [0.3, 0.4) is 0 Å². The van der Waals surface area contributed by atoms with E-state index in [0.717, 1.165) is 24.3 Å². The molecular formula is C10H19N5. The molecule has 0 amide bonds. The second-order valence-electron chi connectivity index (χ2n) is 3.59. The number of hydrazine groups is 1. The molecule has 15 heavy (non-hydrogen) atoms. The van der Waals surface area contributed by atoms with Gasteiger partial charge in [-0.05, 0) is 13.3 Å². The van der Waals surface area contributed by atoms with Crippen LogP contribution in [0.15, 0.2) is 6.33 Å². The van der Waals surface area contributed by atoms with Gasteiger partial charge in [-0.15, -0.1) is 0 Å². The number of anilines is 2. The molecule has 0 aliphatic rings. The molecule has 3 N–H and O–H groups in total. The highest BCUT2D eigenvalue weighted by Gasteiger charge is 2.09. The molecule has 1 aromatic rings. The zero-order valence-electron chi connectivity index (χ0n) is 9.62. The Morgan fingerprint density at radius 3 is 2.80 bits per heavy atom. The predicted octanol–water partition coefficient (Wildman–Crippen LogP) is 1.31. The third kappa shape index (κ3) is 2.79. The molecule has 5 nitrogen and oxygen atoms in total. The van der Waals surface area contributed by atoms with Crippen LogP contribution in [-0.4, -0.2) is 23.6 Å². The van der Waals surface area contributed by atoms with Crippen LogP contribution in [0.1, 0.15) is 25.3 Å². The molecule has 1 heterocycles. The zero-order valence-corrected chi connectivity index (χ0v) is 9.62. The van der Waals surface area contributed by atoms with Crippen molar-refractivity contribution in [1.82, 2.24) is 9.97 Å². The first-order chi connectivity index (χ1) is 7.20. The molecule has 0 unspecified atom stereocenters. The molecule has 0 atom stereocenters. The van der Waals surface area contributed by atoms with Gasteiger partial charge in [-0.2, -0.15) is 0 Å². The first-order valence-corrected chi connectivity index (χ1v) is 5.20. The molecule has 5 heteroatoms. The van der Waals surface area contributed by atoms with Crippen molar-refractivity contribution in [1.29, 1.82) is 0 Å². The molecule has 0 radical (unpaired) electrons. The Morgan fingerprint density at radius 1 is 1.47 bits per heavy atom. The number of nitrogen functional groups attached to an aromatic ring is 1. The van der Waals surface area contributed by atoms with Crippen LogP contribution in [-0.2, 0) is 0 Å². The van der Waals surface area contributed by atoms with E-state index in [1.54, 1.807) is 0 Å². The Morgan fingerprint density at radius 2 is 2.20 bits per heavy atom. The van der Waals surface area contributed by atoms with Gasteiger partial charge >= 0.3 is 0 Å². The fourth-order valence-electron chi connectivity index (χ4n) is 1.47. The Bertz CT molecular complexity index is 313. The lowest BCUT2D eigenvalue weighted by Gasteiger charge is -2.20. The Kier molecular flexibility index (Phi) is 4.30. The van der Waals surface area contributed by atoms with Gasteiger partial charge in [-0.1, -0.05) is 13.3 Å². The summed E-state index contributed by atoms with van der Waals surface area (Å²) in [7, 11) is 2.03. The molecule has 0 aliphatic carbocycles. The van der Waals surface area contributed by atoms with Gasteiger partial charge in [-0.25, -0.2) is 15.8 Å². The van der Waals surface area contributed by atoms with Crippen LogP contribution < -0.4 is 16.2 Å². The van der Waals surface area contributed by atoms with Crippen molar-refractivity contribution < 1.29 is 0 Å². The van der Waals surface area contributed by atoms with Crippen LogP contribution in [0.2, 0.25) is 0 Å². The Balaban J connectivity index is 2.83. The molecule has 0 saturated carbocycles. The van der Waals surface area contributed by atoms with Crippen molar-refractivity contribution in [3.05, 3.63) is 11.9 Å². The van der Waals surface area contributed by atoms with Crippen molar-refractivity contribution in [3.63, 3.8) is 0 Å². The van der Waals surface area contributed by atoms with Crippen molar-refractivity contribution in [2.45, 2.75) is 26.7 Å². The van der Waals surface area contributed by atoms with E-state index < -0.39 is 0 Å². The molecule has 0 fully saturated rings. The highest BCUT2D eigenvalue weighted by Crippen LogP contribution is 2.20. The van der Waals surface area contributed by atoms with Crippen molar-refractivity contribution in [3.8, 4) is 0 Å². The van der Waals surface area contributed by atoms with E-state index in [4.69, 9.17) is 5.84 Å². The number of hydrogen-bond acceptors (Lipinski definition) is 5. The molecule has 0 saturated heterocycles. The van der Waals surface area contributed by atoms with Gasteiger partial charge in [0.2, 0.25) is 0 Å². The maximum Gasteiger partial charge on any atom is 0.148 e. The number of nitrogens with one attached hydrogen (secondary N) is 1. The summed E-state index contributed by atoms with van der Waals surface area (Å²) in [5, 5.41) is 0. The fraction of sp³-hybridized carbons (Fsp3) is 0.600. The average molecular weight is 209 g/mol. The maximum atomic E-state index is 5.36. The molecule has 0 bridgehead atoms. The predicted molar refractivity (Wildman–Crippen MR) is 62.8 cm³/mol. The fourth-order valence-corrected chi connectivity index (χ4v) is 1.47. The smallest absolute Gasteiger partial charge is 0.148 e. The van der Waals surface area contributed by atoms with Gasteiger partial charge in [0.05, 0.1) is 0 Å². The summed E-state index contributed by atoms with van der Waals surface area (Å²) in [5.41, 5.74) is 3.55. The lowest BCUT2D eigenvalue weighted by atomic mass is 10.2. The largest absolute Gasteiger partial charge is 0.359 e. The summed E-state index contributed by atoms with van der Waals surface area (Å²) in [6, 6.07) is 0. The van der Waals surface area contributed by atoms with Crippen molar-refractivity contribution in [2.24, 2.45) is 5.84 Å². The summed E-state index contributed by atoms with van der Waals surface area (Å²) in [5.74, 6) is 6.98. The van der Waals surface area contributed by atoms with Gasteiger partial charge in [-0.3, -0.25) is 0 Å². The van der Waals surface area contributed by atoms with E-state index in [1.807, 2.05) is 14.0 Å². The maximum absolute atomic E-state index is 5.36. The zero-order chi connectivity index (χ0) is 11.3. The minimum Gasteiger partial charge on any atom is -0.359 e. The minimum atomic E-state index is 0.684. The van der Waals surface area contributed by atoms with E-state index >= 15 is 0 Å². The van der Waals surface area contributed by atoms with E-state index in [2.05, 4.69) is 27.2 Å². The minimum absolute atomic E-state index is 0.684. The van der Waals surface area contributed by atoms with Gasteiger partial charge in [0.25, 0.3) is 0 Å². The van der Waals surface area contributed by atoms with Gasteiger partial charge in [0.1, 0.15) is 18.0 Å². The number of nitrogens with two attached hydrogens (primary N) is 1. The summed E-state index contributed by atoms with van der Waals surface area (Å²) in [6.45, 7) is 5.14. The molecule has 0 aliphatic heterocycles. The average Bonchev–Trinajstić information content (AvgIpc) is 2.26.